The zero-order valence-corrected chi connectivity index (χ0v) is 34.2. The lowest BCUT2D eigenvalue weighted by Gasteiger charge is -2.33. The normalized spacial score (nSPS) is 18.6. The SMILES string of the molecule is C/C=C\c1c(N)c2cc(C3=C4C=CC=CC4C(c4c5ccccc5c(C5=CC(c6ccccc6)CC(c6ccccc6)=C5)c5ccccc45)C=C3)ccc2n1-c1ccccc1. The monoisotopic (exact) mass is 782 g/mol. The molecule has 61 heavy (non-hydrogen) atoms. The maximum Gasteiger partial charge on any atom is 0.0695 e. The first-order chi connectivity index (χ1) is 30.2. The van der Waals surface area contributed by atoms with Crippen LogP contribution in [0.2, 0.25) is 0 Å². The number of benzene rings is 7. The van der Waals surface area contributed by atoms with Crippen LogP contribution in [0, 0.1) is 5.92 Å². The van der Waals surface area contributed by atoms with E-state index in [0.29, 0.717) is 0 Å². The number of hydrogen-bond acceptors (Lipinski definition) is 1. The average Bonchev–Trinajstić information content (AvgIpc) is 3.60. The topological polar surface area (TPSA) is 30.9 Å². The average molecular weight is 783 g/mol. The van der Waals surface area contributed by atoms with Gasteiger partial charge in [-0.3, -0.25) is 0 Å². The summed E-state index contributed by atoms with van der Waals surface area (Å²) in [7, 11) is 0. The molecule has 1 heterocycles. The Bertz CT molecular complexity index is 3160. The van der Waals surface area contributed by atoms with Crippen LogP contribution in [0.25, 0.3) is 60.9 Å². The minimum atomic E-state index is 0.130. The molecule has 0 bridgehead atoms. The number of para-hydroxylation sites is 1. The molecule has 0 fully saturated rings. The van der Waals surface area contributed by atoms with Crippen molar-refractivity contribution < 1.29 is 0 Å². The summed E-state index contributed by atoms with van der Waals surface area (Å²) in [4.78, 5) is 0. The fourth-order valence-electron chi connectivity index (χ4n) is 10.3. The third-order valence-electron chi connectivity index (χ3n) is 13.0. The van der Waals surface area contributed by atoms with Crippen molar-refractivity contribution in [2.45, 2.75) is 25.2 Å². The van der Waals surface area contributed by atoms with Crippen LogP contribution in [-0.2, 0) is 0 Å². The van der Waals surface area contributed by atoms with Crippen LogP contribution in [0.3, 0.4) is 0 Å². The Morgan fingerprint density at radius 3 is 1.97 bits per heavy atom. The largest absolute Gasteiger partial charge is 0.396 e. The number of aromatic nitrogens is 1. The summed E-state index contributed by atoms with van der Waals surface area (Å²) in [6.45, 7) is 2.05. The van der Waals surface area contributed by atoms with Crippen molar-refractivity contribution in [3.05, 3.63) is 251 Å². The molecule has 8 aromatic rings. The van der Waals surface area contributed by atoms with Crippen molar-refractivity contribution in [3.63, 3.8) is 0 Å². The quantitative estimate of drug-likeness (QED) is 0.160. The highest BCUT2D eigenvalue weighted by atomic mass is 15.0. The lowest BCUT2D eigenvalue weighted by atomic mass is 9.70. The van der Waals surface area contributed by atoms with Gasteiger partial charge in [0.1, 0.15) is 0 Å². The van der Waals surface area contributed by atoms with E-state index < -0.39 is 0 Å². The molecule has 0 saturated carbocycles. The Hall–Kier alpha value is -7.42. The summed E-state index contributed by atoms with van der Waals surface area (Å²) in [6, 6.07) is 57.5. The molecule has 3 aliphatic rings. The molecular weight excluding hydrogens is 737 g/mol. The second-order valence-corrected chi connectivity index (χ2v) is 16.5. The van der Waals surface area contributed by atoms with Gasteiger partial charge in [-0.25, -0.2) is 0 Å². The van der Waals surface area contributed by atoms with Gasteiger partial charge in [0.2, 0.25) is 0 Å². The first-order valence-electron chi connectivity index (χ1n) is 21.5. The number of fused-ring (bicyclic) bond motifs is 4. The first-order valence-corrected chi connectivity index (χ1v) is 21.5. The molecule has 11 rings (SSSR count). The van der Waals surface area contributed by atoms with Gasteiger partial charge in [0, 0.05) is 28.8 Å². The van der Waals surface area contributed by atoms with E-state index in [1.807, 2.05) is 6.92 Å². The molecule has 0 amide bonds. The second-order valence-electron chi connectivity index (χ2n) is 16.5. The lowest BCUT2D eigenvalue weighted by Crippen LogP contribution is -2.18. The minimum Gasteiger partial charge on any atom is -0.396 e. The van der Waals surface area contributed by atoms with E-state index in [4.69, 9.17) is 5.73 Å². The summed E-state index contributed by atoms with van der Waals surface area (Å²) < 4.78 is 2.27. The van der Waals surface area contributed by atoms with Gasteiger partial charge in [0.25, 0.3) is 0 Å². The van der Waals surface area contributed by atoms with Gasteiger partial charge < -0.3 is 10.3 Å². The van der Waals surface area contributed by atoms with E-state index in [1.54, 1.807) is 0 Å². The Morgan fingerprint density at radius 2 is 1.26 bits per heavy atom. The molecule has 2 heteroatoms. The zero-order valence-electron chi connectivity index (χ0n) is 34.2. The predicted molar refractivity (Wildman–Crippen MR) is 261 cm³/mol. The number of allylic oxidation sites excluding steroid dienone is 13. The van der Waals surface area contributed by atoms with Crippen LogP contribution in [0.4, 0.5) is 5.69 Å². The van der Waals surface area contributed by atoms with Crippen LogP contribution in [0.1, 0.15) is 58.7 Å². The first kappa shape index (κ1) is 36.6. The fourth-order valence-corrected chi connectivity index (χ4v) is 10.3. The van der Waals surface area contributed by atoms with Gasteiger partial charge in [-0.05, 0) is 115 Å². The van der Waals surface area contributed by atoms with Crippen LogP contribution >= 0.6 is 0 Å². The molecule has 2 nitrogen and oxygen atoms in total. The van der Waals surface area contributed by atoms with Gasteiger partial charge in [0.15, 0.2) is 0 Å². The number of rotatable bonds is 7. The molecule has 3 aliphatic carbocycles. The van der Waals surface area contributed by atoms with Crippen LogP contribution in [0.5, 0.6) is 0 Å². The van der Waals surface area contributed by atoms with E-state index in [0.717, 1.165) is 34.4 Å². The highest BCUT2D eigenvalue weighted by Crippen LogP contribution is 2.50. The second kappa shape index (κ2) is 15.3. The van der Waals surface area contributed by atoms with Gasteiger partial charge in [0.05, 0.1) is 16.9 Å². The molecule has 3 unspecified atom stereocenters. The van der Waals surface area contributed by atoms with E-state index in [2.05, 4.69) is 223 Å². The van der Waals surface area contributed by atoms with Gasteiger partial charge in [-0.1, -0.05) is 188 Å². The molecule has 1 aromatic heterocycles. The highest BCUT2D eigenvalue weighted by Gasteiger charge is 2.32. The fraction of sp³-hybridized carbons (Fsp3) is 0.0847. The summed E-state index contributed by atoms with van der Waals surface area (Å²) >= 11 is 0. The maximum absolute atomic E-state index is 7.00. The molecule has 0 saturated heterocycles. The molecule has 0 spiro atoms. The summed E-state index contributed by atoms with van der Waals surface area (Å²) in [6.07, 6.45) is 24.1. The summed E-state index contributed by atoms with van der Waals surface area (Å²) in [5.41, 5.74) is 22.7. The number of nitrogen functional groups attached to an aromatic ring is 1. The molecule has 0 radical (unpaired) electrons. The number of anilines is 1. The molecule has 2 N–H and O–H groups in total. The van der Waals surface area contributed by atoms with Crippen molar-refractivity contribution in [2.75, 3.05) is 5.73 Å². The number of nitrogens with zero attached hydrogens (tertiary/aromatic N) is 1. The highest BCUT2D eigenvalue weighted by molar-refractivity contribution is 6.14. The van der Waals surface area contributed by atoms with Crippen LogP contribution in [-0.4, -0.2) is 4.57 Å². The molecule has 7 aromatic carbocycles. The van der Waals surface area contributed by atoms with E-state index in [-0.39, 0.29) is 17.8 Å². The Morgan fingerprint density at radius 1 is 0.607 bits per heavy atom. The minimum absolute atomic E-state index is 0.130. The molecule has 0 aliphatic heterocycles. The lowest BCUT2D eigenvalue weighted by molar-refractivity contribution is 0.682. The summed E-state index contributed by atoms with van der Waals surface area (Å²) in [5, 5.41) is 6.26. The third kappa shape index (κ3) is 6.26. The zero-order chi connectivity index (χ0) is 40.9. The van der Waals surface area contributed by atoms with Gasteiger partial charge in [-0.15, -0.1) is 0 Å². The number of nitrogens with two attached hydrogens (primary N) is 1. The van der Waals surface area contributed by atoms with Crippen LogP contribution < -0.4 is 5.73 Å². The van der Waals surface area contributed by atoms with Crippen molar-refractivity contribution in [2.24, 2.45) is 5.92 Å². The predicted octanol–water partition coefficient (Wildman–Crippen LogP) is 15.1. The van der Waals surface area contributed by atoms with E-state index in [1.165, 1.54) is 71.7 Å². The van der Waals surface area contributed by atoms with E-state index in [9.17, 15) is 0 Å². The Kier molecular flexibility index (Phi) is 9.20. The van der Waals surface area contributed by atoms with Crippen molar-refractivity contribution in [1.29, 1.82) is 0 Å². The Labute approximate surface area is 358 Å². The van der Waals surface area contributed by atoms with E-state index >= 15 is 0 Å². The summed E-state index contributed by atoms with van der Waals surface area (Å²) in [5.74, 6) is 0.552. The van der Waals surface area contributed by atoms with Crippen molar-refractivity contribution >= 4 is 60.9 Å². The molecule has 292 valence electrons. The third-order valence-corrected chi connectivity index (χ3v) is 13.0. The van der Waals surface area contributed by atoms with Crippen molar-refractivity contribution in [3.8, 4) is 5.69 Å². The molecular formula is C59H46N2. The van der Waals surface area contributed by atoms with Crippen LogP contribution in [0.15, 0.2) is 218 Å². The Balaban J connectivity index is 1.07. The molecule has 3 atom stereocenters. The van der Waals surface area contributed by atoms with Crippen molar-refractivity contribution in [1.82, 2.24) is 4.57 Å². The standard InChI is InChI=1S/C59H46N2/c1-2-18-56-59(60)54-38-41(31-34-55(54)61(56)45-23-10-5-11-24-45)46-32-33-53(48-26-13-12-25-47(46)48)58-51-29-16-14-27-49(51)57(50-28-15-17-30-52(50)58)44-36-42(39-19-6-3-7-20-39)35-43(37-44)40-21-8-4-9-22-40/h2-34,36-38,42,48,53H,35,60H2,1H3/b18-2-. The van der Waals surface area contributed by atoms with Gasteiger partial charge >= 0.3 is 0 Å². The number of hydrogen-bond donors (Lipinski definition) is 1. The van der Waals surface area contributed by atoms with Gasteiger partial charge in [-0.2, -0.15) is 0 Å². The maximum atomic E-state index is 7.00. The smallest absolute Gasteiger partial charge is 0.0695 e.